The van der Waals surface area contributed by atoms with E-state index in [1.807, 2.05) is 18.2 Å². The molecule has 0 aliphatic rings. The molecule has 2 aromatic carbocycles. The van der Waals surface area contributed by atoms with Crippen LogP contribution in [0.4, 0.5) is 18.9 Å². The zero-order valence-electron chi connectivity index (χ0n) is 16.1. The number of anilines is 1. The Morgan fingerprint density at radius 1 is 1.03 bits per heavy atom. The summed E-state index contributed by atoms with van der Waals surface area (Å²) in [5, 5.41) is 11.2. The Bertz CT molecular complexity index is 1380. The third-order valence-electron chi connectivity index (χ3n) is 4.77. The van der Waals surface area contributed by atoms with Crippen molar-refractivity contribution in [3.8, 4) is 10.4 Å². The summed E-state index contributed by atoms with van der Waals surface area (Å²) < 4.78 is 45.6. The molecule has 2 N–H and O–H groups in total. The number of thiazole rings is 1. The van der Waals surface area contributed by atoms with E-state index < -0.39 is 45.5 Å². The normalized spacial score (nSPS) is 11.1. The van der Waals surface area contributed by atoms with Crippen molar-refractivity contribution in [3.63, 3.8) is 0 Å². The van der Waals surface area contributed by atoms with E-state index in [4.69, 9.17) is 0 Å². The minimum absolute atomic E-state index is 0.0286. The summed E-state index contributed by atoms with van der Waals surface area (Å²) >= 11 is 1.48. The number of aryl methyl sites for hydroxylation is 2. The first-order valence-corrected chi connectivity index (χ1v) is 10.5. The highest BCUT2D eigenvalue weighted by molar-refractivity contribution is 7.20. The average Bonchev–Trinajstić information content (AvgIpc) is 3.24. The second-order valence-electron chi connectivity index (χ2n) is 6.71. The van der Waals surface area contributed by atoms with Gasteiger partial charge in [-0.2, -0.15) is 8.96 Å². The highest BCUT2D eigenvalue weighted by Gasteiger charge is 2.31. The molecule has 0 radical (unpaired) electrons. The molecule has 0 spiro atoms. The Morgan fingerprint density at radius 2 is 1.74 bits per heavy atom. The van der Waals surface area contributed by atoms with E-state index in [0.717, 1.165) is 21.6 Å². The predicted octanol–water partition coefficient (Wildman–Crippen LogP) is 5.13. The van der Waals surface area contributed by atoms with Crippen LogP contribution in [-0.2, 0) is 7.05 Å². The second kappa shape index (κ2) is 7.78. The third-order valence-corrected chi connectivity index (χ3v) is 7.00. The number of carboxylic acids is 1. The minimum Gasteiger partial charge on any atom is -0.478 e. The Morgan fingerprint density at radius 3 is 2.42 bits per heavy atom. The van der Waals surface area contributed by atoms with Crippen LogP contribution in [-0.4, -0.2) is 17.0 Å². The number of carbonyl (C=O) groups is 2. The molecule has 0 bridgehead atoms. The van der Waals surface area contributed by atoms with Crippen LogP contribution in [0.25, 0.3) is 20.7 Å². The number of halogens is 3. The number of carbonyl (C=O) groups excluding carboxylic acids is 1. The molecule has 1 amide bonds. The molecule has 0 saturated heterocycles. The van der Waals surface area contributed by atoms with Crippen molar-refractivity contribution in [3.05, 3.63) is 69.3 Å². The highest BCUT2D eigenvalue weighted by atomic mass is 32.1. The molecule has 10 heteroatoms. The zero-order valence-corrected chi connectivity index (χ0v) is 17.8. The Kier molecular flexibility index (Phi) is 5.28. The number of benzene rings is 2. The van der Waals surface area contributed by atoms with Crippen LogP contribution >= 0.6 is 22.7 Å². The Balaban J connectivity index is 1.81. The maximum absolute atomic E-state index is 14.7. The molecule has 31 heavy (non-hydrogen) atoms. The molecule has 2 heterocycles. The summed E-state index contributed by atoms with van der Waals surface area (Å²) in [7, 11) is 1.66. The summed E-state index contributed by atoms with van der Waals surface area (Å²) in [6.07, 6.45) is 0. The third kappa shape index (κ3) is 3.47. The van der Waals surface area contributed by atoms with Gasteiger partial charge in [0.05, 0.1) is 4.88 Å². The average molecular weight is 463 g/mol. The number of carboxylic acid groups (broad SMARTS) is 1. The quantitative estimate of drug-likeness (QED) is 0.412. The van der Waals surface area contributed by atoms with Crippen LogP contribution in [0, 0.1) is 23.7 Å². The van der Waals surface area contributed by atoms with Crippen molar-refractivity contribution < 1.29 is 32.4 Å². The van der Waals surface area contributed by atoms with Crippen molar-refractivity contribution >= 4 is 50.5 Å². The number of rotatable bonds is 4. The van der Waals surface area contributed by atoms with Gasteiger partial charge in [-0.25, -0.2) is 13.6 Å². The van der Waals surface area contributed by atoms with Gasteiger partial charge in [-0.05, 0) is 18.6 Å². The summed E-state index contributed by atoms with van der Waals surface area (Å²) in [6.45, 7) is 1.35. The lowest BCUT2D eigenvalue weighted by Gasteiger charge is -2.07. The van der Waals surface area contributed by atoms with Gasteiger partial charge in [-0.1, -0.05) is 35.6 Å². The fourth-order valence-corrected chi connectivity index (χ4v) is 5.24. The van der Waals surface area contributed by atoms with E-state index in [2.05, 4.69) is 5.32 Å². The lowest BCUT2D eigenvalue weighted by atomic mass is 10.1. The van der Waals surface area contributed by atoms with Crippen LogP contribution in [0.3, 0.4) is 0 Å². The van der Waals surface area contributed by atoms with Gasteiger partial charge in [0.25, 0.3) is 0 Å². The zero-order chi connectivity index (χ0) is 22.4. The largest absolute Gasteiger partial charge is 0.478 e. The summed E-state index contributed by atoms with van der Waals surface area (Å²) in [6, 6.07) is 9.69. The predicted molar refractivity (Wildman–Crippen MR) is 112 cm³/mol. The first-order valence-electron chi connectivity index (χ1n) is 8.90. The van der Waals surface area contributed by atoms with Crippen LogP contribution < -0.4 is 9.88 Å². The summed E-state index contributed by atoms with van der Waals surface area (Å²) in [4.78, 5) is 24.4. The molecule has 4 aromatic rings. The number of para-hydroxylation sites is 1. The number of nitrogens with zero attached hydrogens (tertiary/aromatic N) is 1. The highest BCUT2D eigenvalue weighted by Crippen LogP contribution is 2.41. The van der Waals surface area contributed by atoms with Crippen molar-refractivity contribution in [2.75, 3.05) is 5.32 Å². The van der Waals surface area contributed by atoms with Crippen molar-refractivity contribution in [1.82, 2.24) is 0 Å². The van der Waals surface area contributed by atoms with Gasteiger partial charge >= 0.3 is 16.9 Å². The number of aromatic carboxylic acids is 1. The van der Waals surface area contributed by atoms with Crippen molar-refractivity contribution in [1.29, 1.82) is 0 Å². The Labute approximate surface area is 182 Å². The summed E-state index contributed by atoms with van der Waals surface area (Å²) in [5.41, 5.74) is -0.810. The van der Waals surface area contributed by atoms with Crippen LogP contribution in [0.5, 0.6) is 0 Å². The molecule has 0 aliphatic heterocycles. The molecular weight excluding hydrogens is 449 g/mol. The number of thiophene rings is 1. The number of aromatic nitrogens is 1. The summed E-state index contributed by atoms with van der Waals surface area (Å²) in [5.74, 6) is -4.72. The maximum Gasteiger partial charge on any atom is 0.339 e. The molecular formula is C21H14F3N2O3S2+. The number of nitrogens with one attached hydrogen (secondary N) is 1. The molecule has 0 unspecified atom stereocenters. The lowest BCUT2D eigenvalue weighted by molar-refractivity contribution is -0.642. The van der Waals surface area contributed by atoms with Crippen molar-refractivity contribution in [2.24, 2.45) is 7.05 Å². The molecule has 0 aliphatic carbocycles. The lowest BCUT2D eigenvalue weighted by Crippen LogP contribution is -2.35. The first kappa shape index (κ1) is 21.0. The Hall–Kier alpha value is -3.24. The molecule has 0 saturated carbocycles. The van der Waals surface area contributed by atoms with Gasteiger partial charge in [0.1, 0.15) is 23.0 Å². The van der Waals surface area contributed by atoms with E-state index in [9.17, 15) is 27.9 Å². The smallest absolute Gasteiger partial charge is 0.339 e. The number of amides is 1. The van der Waals surface area contributed by atoms with E-state index in [1.165, 1.54) is 19.1 Å². The van der Waals surface area contributed by atoms with Gasteiger partial charge in [-0.15, -0.1) is 11.3 Å². The van der Waals surface area contributed by atoms with Gasteiger partial charge < -0.3 is 10.4 Å². The first-order chi connectivity index (χ1) is 14.7. The SMILES string of the molecule is Cc1ccc(-c2sc(F)c(NC(=O)c3sc4ccccc4[n+]3C)c2C(=O)O)c(F)c1F. The van der Waals surface area contributed by atoms with Gasteiger partial charge in [0, 0.05) is 11.6 Å². The molecule has 2 aromatic heterocycles. The minimum atomic E-state index is -1.58. The van der Waals surface area contributed by atoms with Gasteiger partial charge in [-0.3, -0.25) is 4.79 Å². The number of fused-ring (bicyclic) bond motifs is 1. The van der Waals surface area contributed by atoms with E-state index >= 15 is 0 Å². The standard InChI is InChI=1S/C21H13F3N2O3S2/c1-9-7-8-10(15(23)14(9)22)17-13(21(28)29)16(18(24)31-17)25-19(27)20-26(2)11-5-3-4-6-12(11)30-20/h3-8H,1-2H3,(H-,25,27,28,29)/p+1. The maximum atomic E-state index is 14.7. The second-order valence-corrected chi connectivity index (χ2v) is 8.71. The fraction of sp³-hybridized carbons (Fsp3) is 0.0952. The number of hydrogen-bond acceptors (Lipinski definition) is 4. The van der Waals surface area contributed by atoms with E-state index in [1.54, 1.807) is 17.7 Å². The monoisotopic (exact) mass is 463 g/mol. The van der Waals surface area contributed by atoms with Crippen molar-refractivity contribution in [2.45, 2.75) is 6.92 Å². The molecule has 158 valence electrons. The topological polar surface area (TPSA) is 70.3 Å². The molecule has 0 atom stereocenters. The molecule has 5 nitrogen and oxygen atoms in total. The fourth-order valence-electron chi connectivity index (χ4n) is 3.20. The molecule has 4 rings (SSSR count). The van der Waals surface area contributed by atoms with E-state index in [0.29, 0.717) is 11.3 Å². The number of hydrogen-bond donors (Lipinski definition) is 2. The van der Waals surface area contributed by atoms with Gasteiger partial charge in [0.2, 0.25) is 10.6 Å². The van der Waals surface area contributed by atoms with E-state index in [-0.39, 0.29) is 15.4 Å². The van der Waals surface area contributed by atoms with Crippen LogP contribution in [0.15, 0.2) is 36.4 Å². The molecule has 0 fully saturated rings. The van der Waals surface area contributed by atoms with Crippen LogP contribution in [0.2, 0.25) is 0 Å². The van der Waals surface area contributed by atoms with Crippen LogP contribution in [0.1, 0.15) is 25.7 Å². The van der Waals surface area contributed by atoms with Gasteiger partial charge in [0.15, 0.2) is 11.6 Å².